The molecule has 0 spiro atoms. The molecular weight excluding hydrogens is 209 g/mol. The number of nitrogens with zero attached hydrogens (tertiary/aromatic N) is 1. The van der Waals surface area contributed by atoms with E-state index in [0.717, 1.165) is 19.5 Å². The molecule has 7 heteroatoms. The summed E-state index contributed by atoms with van der Waals surface area (Å²) in [5.74, 6) is 0. The molecule has 6 nitrogen and oxygen atoms in total. The van der Waals surface area contributed by atoms with Gasteiger partial charge in [0.2, 0.25) is 0 Å². The van der Waals surface area contributed by atoms with Crippen LogP contribution in [0.5, 0.6) is 0 Å². The molecule has 0 saturated heterocycles. The van der Waals surface area contributed by atoms with Crippen LogP contribution in [-0.4, -0.2) is 52.6 Å². The van der Waals surface area contributed by atoms with Gasteiger partial charge in [0.25, 0.3) is 0 Å². The van der Waals surface area contributed by atoms with Gasteiger partial charge in [-0.2, -0.15) is 0 Å². The van der Waals surface area contributed by atoms with Crippen molar-refractivity contribution in [1.29, 1.82) is 0 Å². The Morgan fingerprint density at radius 1 is 1.43 bits per heavy atom. The normalized spacial score (nSPS) is 12.4. The molecule has 0 aliphatic carbocycles. The standard InChI is InChI=1S/C7H18NO5P/c1-2-8(4-3-6-9)5-7-13-14(10,11)12/h9H,2-7H2,1H3,(H2,10,11,12)/p+1. The maximum Gasteiger partial charge on any atom is 0.469 e. The van der Waals surface area contributed by atoms with E-state index in [2.05, 4.69) is 4.52 Å². The Morgan fingerprint density at radius 3 is 2.50 bits per heavy atom. The van der Waals surface area contributed by atoms with Gasteiger partial charge in [0.05, 0.1) is 6.61 Å². The molecule has 0 atom stereocenters. The summed E-state index contributed by atoms with van der Waals surface area (Å²) in [6.45, 7) is 4.41. The van der Waals surface area contributed by atoms with E-state index in [1.807, 2.05) is 11.8 Å². The van der Waals surface area contributed by atoms with E-state index in [-0.39, 0.29) is 6.61 Å². The third kappa shape index (κ3) is 8.62. The Hall–Kier alpha value is 0.0300. The summed E-state index contributed by atoms with van der Waals surface area (Å²) in [6, 6.07) is 0. The summed E-state index contributed by atoms with van der Waals surface area (Å²) in [7, 11) is -4.32. The number of phosphoric ester groups is 1. The van der Waals surface area contributed by atoms with Gasteiger partial charge >= 0.3 is 7.82 Å². The molecule has 0 aromatic carbocycles. The van der Waals surface area contributed by atoms with Crippen LogP contribution < -0.4 is 0 Å². The van der Waals surface area contributed by atoms with Crippen LogP contribution in [0.4, 0.5) is 0 Å². The zero-order valence-corrected chi connectivity index (χ0v) is 9.24. The van der Waals surface area contributed by atoms with E-state index >= 15 is 0 Å². The van der Waals surface area contributed by atoms with E-state index < -0.39 is 7.82 Å². The first-order chi connectivity index (χ1) is 6.49. The third-order valence-corrected chi connectivity index (χ3v) is 2.28. The predicted molar refractivity (Wildman–Crippen MR) is 53.2 cm³/mol. The van der Waals surface area contributed by atoms with Gasteiger partial charge < -0.3 is 19.8 Å². The largest absolute Gasteiger partial charge is 0.469 e. The molecule has 86 valence electrons. The molecule has 0 unspecified atom stereocenters. The van der Waals surface area contributed by atoms with E-state index in [9.17, 15) is 4.57 Å². The van der Waals surface area contributed by atoms with Crippen molar-refractivity contribution in [2.24, 2.45) is 0 Å². The number of likely N-dealkylation sites (N-methyl/N-ethyl adjacent to an activating group) is 1. The maximum absolute atomic E-state index is 10.3. The minimum Gasteiger partial charge on any atom is -0.445 e. The highest BCUT2D eigenvalue weighted by atomic mass is 31.2. The van der Waals surface area contributed by atoms with E-state index in [4.69, 9.17) is 14.9 Å². The highest BCUT2D eigenvalue weighted by molar-refractivity contribution is 7.46. The van der Waals surface area contributed by atoms with Crippen LogP contribution in [0.1, 0.15) is 13.3 Å². The van der Waals surface area contributed by atoms with Crippen molar-refractivity contribution < 1.29 is 24.0 Å². The average Bonchev–Trinajstić information content (AvgIpc) is 2.09. The molecule has 14 heavy (non-hydrogen) atoms. The first-order valence-corrected chi connectivity index (χ1v) is 6.09. The molecule has 0 fully saturated rings. The molecule has 0 aromatic heterocycles. The van der Waals surface area contributed by atoms with Crippen molar-refractivity contribution in [3.05, 3.63) is 0 Å². The highest BCUT2D eigenvalue weighted by Crippen LogP contribution is 2.35. The molecule has 0 saturated carbocycles. The van der Waals surface area contributed by atoms with Crippen LogP contribution >= 0.6 is 7.82 Å². The van der Waals surface area contributed by atoms with Gasteiger partial charge in [0.1, 0.15) is 6.61 Å². The second-order valence-electron chi connectivity index (χ2n) is 2.86. The first kappa shape index (κ1) is 14.0. The van der Waals surface area contributed by atoms with Gasteiger partial charge in [0, 0.05) is 19.5 Å². The first-order valence-electron chi connectivity index (χ1n) is 4.56. The van der Waals surface area contributed by atoms with Crippen LogP contribution in [0.3, 0.4) is 0 Å². The average molecular weight is 228 g/mol. The summed E-state index contributed by atoms with van der Waals surface area (Å²) in [6.07, 6.45) is 0.768. The zero-order valence-electron chi connectivity index (χ0n) is 8.35. The molecule has 0 heterocycles. The maximum atomic E-state index is 10.3. The second kappa shape index (κ2) is 7.34. The molecule has 0 aliphatic heterocycles. The van der Waals surface area contributed by atoms with Gasteiger partial charge in [-0.1, -0.05) is 6.92 Å². The van der Waals surface area contributed by atoms with E-state index in [0.29, 0.717) is 13.2 Å². The van der Waals surface area contributed by atoms with Crippen molar-refractivity contribution in [1.82, 2.24) is 4.90 Å². The minimum atomic E-state index is -4.32. The fourth-order valence-electron chi connectivity index (χ4n) is 1.02. The molecule has 0 amide bonds. The van der Waals surface area contributed by atoms with Gasteiger partial charge in [-0.25, -0.2) is 4.57 Å². The van der Waals surface area contributed by atoms with Crippen molar-refractivity contribution in [2.45, 2.75) is 13.3 Å². The number of hydrogen-bond donors (Lipinski definition) is 2. The van der Waals surface area contributed by atoms with Crippen LogP contribution in [0.2, 0.25) is 0 Å². The lowest BCUT2D eigenvalue weighted by Crippen LogP contribution is -2.28. The Balaban J connectivity index is 3.57. The predicted octanol–water partition coefficient (Wildman–Crippen LogP) is -0.468. The zero-order chi connectivity index (χ0) is 11.0. The Labute approximate surface area is 83.7 Å². The number of hydrogen-bond acceptors (Lipinski definition) is 3. The summed E-state index contributed by atoms with van der Waals surface area (Å²) in [5, 5.41) is 6.96. The van der Waals surface area contributed by atoms with Gasteiger partial charge in [0.15, 0.2) is 0 Å². The van der Waals surface area contributed by atoms with Crippen LogP contribution in [0.15, 0.2) is 0 Å². The van der Waals surface area contributed by atoms with Crippen molar-refractivity contribution >= 4 is 7.82 Å². The summed E-state index contributed by atoms with van der Waals surface area (Å²) in [4.78, 5) is 18.8. The fraction of sp³-hybridized carbons (Fsp3) is 1.00. The molecule has 4 N–H and O–H groups in total. The smallest absolute Gasteiger partial charge is 0.445 e. The topological polar surface area (TPSA) is 92.9 Å². The van der Waals surface area contributed by atoms with Gasteiger partial charge in [-0.05, 0) is 6.54 Å². The molecule has 0 aromatic rings. The van der Waals surface area contributed by atoms with Crippen LogP contribution in [0, 0.1) is 0 Å². The Kier molecular flexibility index (Phi) is 7.35. The van der Waals surface area contributed by atoms with Crippen LogP contribution in [0.25, 0.3) is 0 Å². The summed E-state index contributed by atoms with van der Waals surface area (Å²) < 4.78 is 14.7. The lowest BCUT2D eigenvalue weighted by molar-refractivity contribution is 0.157. The fourth-order valence-corrected chi connectivity index (χ4v) is 1.34. The molecule has 0 bridgehead atoms. The van der Waals surface area contributed by atoms with E-state index in [1.54, 1.807) is 0 Å². The summed E-state index contributed by atoms with van der Waals surface area (Å²) in [5.41, 5.74) is 0. The highest BCUT2D eigenvalue weighted by Gasteiger charge is 2.13. The summed E-state index contributed by atoms with van der Waals surface area (Å²) >= 11 is 0. The van der Waals surface area contributed by atoms with Crippen LogP contribution in [-0.2, 0) is 9.09 Å². The van der Waals surface area contributed by atoms with Crippen molar-refractivity contribution in [2.75, 3.05) is 32.8 Å². The number of rotatable bonds is 8. The molecule has 0 rings (SSSR count). The lowest BCUT2D eigenvalue weighted by atomic mass is 10.4. The SMILES string of the molecule is CCN(CCC[OH2+])CCOP(=O)(O)O. The monoisotopic (exact) mass is 228 g/mol. The van der Waals surface area contributed by atoms with Gasteiger partial charge in [-0.15, -0.1) is 0 Å². The third-order valence-electron chi connectivity index (χ3n) is 1.77. The Bertz CT molecular complexity index is 183. The molecule has 0 radical (unpaired) electrons. The quantitative estimate of drug-likeness (QED) is 0.433. The molecular formula is C7H19NO5P+. The van der Waals surface area contributed by atoms with E-state index in [1.165, 1.54) is 0 Å². The van der Waals surface area contributed by atoms with Crippen molar-refractivity contribution in [3.63, 3.8) is 0 Å². The lowest BCUT2D eigenvalue weighted by Gasteiger charge is -2.19. The Morgan fingerprint density at radius 2 is 2.07 bits per heavy atom. The van der Waals surface area contributed by atoms with Crippen molar-refractivity contribution in [3.8, 4) is 0 Å². The van der Waals surface area contributed by atoms with Gasteiger partial charge in [-0.3, -0.25) is 4.52 Å². The number of phosphoric acid groups is 1. The molecule has 0 aliphatic rings. The second-order valence-corrected chi connectivity index (χ2v) is 4.10. The minimum absolute atomic E-state index is 0.0239.